The zero-order valence-corrected chi connectivity index (χ0v) is 21.8. The number of hydrogen-bond donors (Lipinski definition) is 2. The van der Waals surface area contributed by atoms with Gasteiger partial charge >= 0.3 is 0 Å². The van der Waals surface area contributed by atoms with E-state index in [4.69, 9.17) is 0 Å². The molecule has 1 fully saturated rings. The molecular formula is C27H34FN3O4S. The van der Waals surface area contributed by atoms with Crippen LogP contribution in [0.4, 0.5) is 15.8 Å². The summed E-state index contributed by atoms with van der Waals surface area (Å²) in [5, 5.41) is 5.62. The fraction of sp³-hybridized carbons (Fsp3) is 0.444. The Morgan fingerprint density at radius 3 is 2.36 bits per heavy atom. The lowest BCUT2D eigenvalue weighted by atomic mass is 9.95. The van der Waals surface area contributed by atoms with Crippen LogP contribution in [-0.4, -0.2) is 45.5 Å². The average Bonchev–Trinajstić information content (AvgIpc) is 2.83. The highest BCUT2D eigenvalue weighted by atomic mass is 32.2. The molecule has 0 unspecified atom stereocenters. The second-order valence-corrected chi connectivity index (χ2v) is 10.8. The molecule has 0 spiro atoms. The lowest BCUT2D eigenvalue weighted by Crippen LogP contribution is -2.52. The summed E-state index contributed by atoms with van der Waals surface area (Å²) in [7, 11) is -1.81. The Bertz CT molecular complexity index is 1120. The number of hydrogen-bond acceptors (Lipinski definition) is 4. The number of benzene rings is 2. The number of anilines is 2. The Labute approximate surface area is 214 Å². The largest absolute Gasteiger partial charge is 0.352 e. The van der Waals surface area contributed by atoms with Crippen LogP contribution in [0.1, 0.15) is 50.2 Å². The fourth-order valence-electron chi connectivity index (χ4n) is 4.36. The molecular weight excluding hydrogens is 481 g/mol. The Kier molecular flexibility index (Phi) is 9.75. The van der Waals surface area contributed by atoms with E-state index in [0.717, 1.165) is 43.2 Å². The van der Waals surface area contributed by atoms with E-state index in [2.05, 4.69) is 10.6 Å². The molecule has 3 amide bonds. The van der Waals surface area contributed by atoms with Crippen LogP contribution in [0.2, 0.25) is 0 Å². The molecule has 2 aromatic rings. The molecule has 0 aliphatic heterocycles. The Hall–Kier alpha value is -3.07. The van der Waals surface area contributed by atoms with Crippen LogP contribution in [0.5, 0.6) is 0 Å². The van der Waals surface area contributed by atoms with Crippen LogP contribution in [0.3, 0.4) is 0 Å². The van der Waals surface area contributed by atoms with Gasteiger partial charge in [0.25, 0.3) is 0 Å². The molecule has 2 atom stereocenters. The number of nitrogens with one attached hydrogen (secondary N) is 2. The molecule has 0 saturated heterocycles. The van der Waals surface area contributed by atoms with Crippen molar-refractivity contribution in [3.05, 3.63) is 59.4 Å². The normalized spacial score (nSPS) is 15.6. The highest BCUT2D eigenvalue weighted by Gasteiger charge is 2.31. The van der Waals surface area contributed by atoms with E-state index in [-0.39, 0.29) is 11.9 Å². The number of rotatable bonds is 9. The van der Waals surface area contributed by atoms with Crippen molar-refractivity contribution < 1.29 is 23.0 Å². The standard InChI is InChI=1S/C27H34FN3O4S/c1-18-9-10-19(2)24(15-18)31(20(3)27(34)30-22-7-5-4-6-8-22)26(33)17-36(35)16-25(32)29-23-13-11-21(28)12-14-23/h9-15,20,22H,4-8,16-17H2,1-3H3,(H,29,32)(H,30,34)/t20-,36-/m0/s1. The molecule has 1 aliphatic carbocycles. The maximum absolute atomic E-state index is 13.4. The zero-order chi connectivity index (χ0) is 26.2. The van der Waals surface area contributed by atoms with Crippen molar-refractivity contribution in [3.8, 4) is 0 Å². The number of nitrogens with zero attached hydrogens (tertiary/aromatic N) is 1. The van der Waals surface area contributed by atoms with Crippen LogP contribution < -0.4 is 15.5 Å². The quantitative estimate of drug-likeness (QED) is 0.528. The summed E-state index contributed by atoms with van der Waals surface area (Å²) >= 11 is 0. The van der Waals surface area contributed by atoms with E-state index in [1.54, 1.807) is 6.92 Å². The number of carbonyl (C=O) groups is 3. The van der Waals surface area contributed by atoms with Crippen LogP contribution in [0.25, 0.3) is 0 Å². The Morgan fingerprint density at radius 2 is 1.69 bits per heavy atom. The third kappa shape index (κ3) is 7.71. The predicted molar refractivity (Wildman–Crippen MR) is 141 cm³/mol. The lowest BCUT2D eigenvalue weighted by molar-refractivity contribution is -0.126. The van der Waals surface area contributed by atoms with Gasteiger partial charge in [-0.15, -0.1) is 0 Å². The summed E-state index contributed by atoms with van der Waals surface area (Å²) in [4.78, 5) is 40.3. The first-order chi connectivity index (χ1) is 17.1. The first-order valence-electron chi connectivity index (χ1n) is 12.2. The van der Waals surface area contributed by atoms with Crippen LogP contribution in [0.15, 0.2) is 42.5 Å². The van der Waals surface area contributed by atoms with E-state index in [1.807, 2.05) is 32.0 Å². The van der Waals surface area contributed by atoms with E-state index < -0.39 is 46.0 Å². The van der Waals surface area contributed by atoms with Crippen molar-refractivity contribution in [2.24, 2.45) is 0 Å². The predicted octanol–water partition coefficient (Wildman–Crippen LogP) is 4.00. The van der Waals surface area contributed by atoms with E-state index >= 15 is 0 Å². The van der Waals surface area contributed by atoms with Crippen molar-refractivity contribution in [3.63, 3.8) is 0 Å². The number of halogens is 1. The molecule has 0 radical (unpaired) electrons. The minimum absolute atomic E-state index is 0.0912. The molecule has 7 nitrogen and oxygen atoms in total. The average molecular weight is 516 g/mol. The molecule has 2 N–H and O–H groups in total. The lowest BCUT2D eigenvalue weighted by Gasteiger charge is -2.32. The molecule has 36 heavy (non-hydrogen) atoms. The summed E-state index contributed by atoms with van der Waals surface area (Å²) in [5.41, 5.74) is 2.69. The van der Waals surface area contributed by atoms with Gasteiger partial charge in [0.2, 0.25) is 17.7 Å². The summed E-state index contributed by atoms with van der Waals surface area (Å²) in [6, 6.07) is 10.1. The molecule has 0 bridgehead atoms. The van der Waals surface area contributed by atoms with E-state index in [9.17, 15) is 23.0 Å². The minimum atomic E-state index is -1.81. The molecule has 9 heteroatoms. The monoisotopic (exact) mass is 515 g/mol. The van der Waals surface area contributed by atoms with Crippen molar-refractivity contribution in [1.29, 1.82) is 0 Å². The van der Waals surface area contributed by atoms with E-state index in [0.29, 0.717) is 11.4 Å². The summed E-state index contributed by atoms with van der Waals surface area (Å²) in [5.74, 6) is -2.54. The molecule has 2 aromatic carbocycles. The number of amides is 3. The number of carbonyl (C=O) groups excluding carboxylic acids is 3. The molecule has 3 rings (SSSR count). The molecule has 1 aliphatic rings. The highest BCUT2D eigenvalue weighted by molar-refractivity contribution is 7.86. The Balaban J connectivity index is 1.72. The van der Waals surface area contributed by atoms with Crippen molar-refractivity contribution >= 4 is 39.9 Å². The third-order valence-corrected chi connectivity index (χ3v) is 7.47. The van der Waals surface area contributed by atoms with Gasteiger partial charge in [-0.2, -0.15) is 0 Å². The van der Waals surface area contributed by atoms with Gasteiger partial charge in [0, 0.05) is 28.2 Å². The topological polar surface area (TPSA) is 95.6 Å². The van der Waals surface area contributed by atoms with Crippen molar-refractivity contribution in [1.82, 2.24) is 5.32 Å². The SMILES string of the molecule is Cc1ccc(C)c(N(C(=O)C[S@@](=O)CC(=O)Nc2ccc(F)cc2)[C@@H](C)C(=O)NC2CCCCC2)c1. The van der Waals surface area contributed by atoms with Gasteiger partial charge in [-0.1, -0.05) is 31.4 Å². The van der Waals surface area contributed by atoms with Gasteiger partial charge < -0.3 is 10.6 Å². The van der Waals surface area contributed by atoms with Gasteiger partial charge in [0.1, 0.15) is 23.4 Å². The fourth-order valence-corrected chi connectivity index (χ4v) is 5.24. The summed E-state index contributed by atoms with van der Waals surface area (Å²) in [6.07, 6.45) is 5.14. The first-order valence-corrected chi connectivity index (χ1v) is 13.7. The minimum Gasteiger partial charge on any atom is -0.352 e. The van der Waals surface area contributed by atoms with Gasteiger partial charge in [0.05, 0.1) is 0 Å². The highest BCUT2D eigenvalue weighted by Crippen LogP contribution is 2.25. The Morgan fingerprint density at radius 1 is 1.03 bits per heavy atom. The van der Waals surface area contributed by atoms with Crippen molar-refractivity contribution in [2.45, 2.75) is 65.0 Å². The summed E-state index contributed by atoms with van der Waals surface area (Å²) < 4.78 is 25.8. The van der Waals surface area contributed by atoms with Crippen molar-refractivity contribution in [2.75, 3.05) is 21.7 Å². The number of aryl methyl sites for hydroxylation is 2. The molecule has 194 valence electrons. The molecule has 0 heterocycles. The molecule has 1 saturated carbocycles. The zero-order valence-electron chi connectivity index (χ0n) is 21.0. The van der Waals surface area contributed by atoms with Crippen LogP contribution >= 0.6 is 0 Å². The third-order valence-electron chi connectivity index (χ3n) is 6.32. The van der Waals surface area contributed by atoms with Gasteiger partial charge in [-0.25, -0.2) is 4.39 Å². The second kappa shape index (κ2) is 12.8. The smallest absolute Gasteiger partial charge is 0.243 e. The van der Waals surface area contributed by atoms with Gasteiger partial charge in [-0.3, -0.25) is 23.5 Å². The maximum atomic E-state index is 13.4. The maximum Gasteiger partial charge on any atom is 0.243 e. The first kappa shape index (κ1) is 27.5. The van der Waals surface area contributed by atoms with Gasteiger partial charge in [-0.05, 0) is 75.1 Å². The second-order valence-electron chi connectivity index (χ2n) is 9.36. The van der Waals surface area contributed by atoms with Crippen LogP contribution in [-0.2, 0) is 25.2 Å². The van der Waals surface area contributed by atoms with E-state index in [1.165, 1.54) is 29.2 Å². The summed E-state index contributed by atoms with van der Waals surface area (Å²) in [6.45, 7) is 5.42. The van der Waals surface area contributed by atoms with Gasteiger partial charge in [0.15, 0.2) is 0 Å². The molecule has 0 aromatic heterocycles. The van der Waals surface area contributed by atoms with Crippen LogP contribution in [0, 0.1) is 19.7 Å².